The second-order valence-corrected chi connectivity index (χ2v) is 8.31. The molecule has 0 aromatic heterocycles. The SMILES string of the molecule is O=C(O)COc1ccc(OCCCCN2CCN(c3cccc(Cl)c3Cl)CC2)cc1[N+](=O)[O-]. The quantitative estimate of drug-likeness (QED) is 0.277. The normalized spacial score (nSPS) is 14.2. The largest absolute Gasteiger partial charge is 0.493 e. The predicted molar refractivity (Wildman–Crippen MR) is 126 cm³/mol. The molecule has 0 spiro atoms. The summed E-state index contributed by atoms with van der Waals surface area (Å²) in [6.45, 7) is 4.29. The van der Waals surface area contributed by atoms with Crippen molar-refractivity contribution in [1.29, 1.82) is 0 Å². The fraction of sp³-hybridized carbons (Fsp3) is 0.409. The number of rotatable bonds is 11. The lowest BCUT2D eigenvalue weighted by Gasteiger charge is -2.36. The third-order valence-corrected chi connectivity index (χ3v) is 6.07. The summed E-state index contributed by atoms with van der Waals surface area (Å²) < 4.78 is 10.6. The molecule has 2 aromatic carbocycles. The van der Waals surface area contributed by atoms with E-state index >= 15 is 0 Å². The number of piperazine rings is 1. The van der Waals surface area contributed by atoms with E-state index in [-0.39, 0.29) is 11.4 Å². The maximum atomic E-state index is 11.2. The lowest BCUT2D eigenvalue weighted by atomic mass is 10.2. The van der Waals surface area contributed by atoms with Crippen LogP contribution in [0.1, 0.15) is 12.8 Å². The first kappa shape index (κ1) is 24.9. The molecule has 0 aliphatic carbocycles. The van der Waals surface area contributed by atoms with Crippen LogP contribution in [0.3, 0.4) is 0 Å². The number of halogens is 2. The van der Waals surface area contributed by atoms with Crippen LogP contribution in [0.15, 0.2) is 36.4 Å². The first-order chi connectivity index (χ1) is 15.8. The highest BCUT2D eigenvalue weighted by molar-refractivity contribution is 6.43. The summed E-state index contributed by atoms with van der Waals surface area (Å²) in [5, 5.41) is 21.0. The third kappa shape index (κ3) is 7.12. The Labute approximate surface area is 201 Å². The average molecular weight is 498 g/mol. The molecule has 0 unspecified atom stereocenters. The van der Waals surface area contributed by atoms with E-state index in [4.69, 9.17) is 37.8 Å². The lowest BCUT2D eigenvalue weighted by Crippen LogP contribution is -2.46. The van der Waals surface area contributed by atoms with Crippen molar-refractivity contribution in [3.63, 3.8) is 0 Å². The minimum absolute atomic E-state index is 0.104. The molecule has 1 heterocycles. The van der Waals surface area contributed by atoms with Crippen LogP contribution in [0.2, 0.25) is 10.0 Å². The van der Waals surface area contributed by atoms with Gasteiger partial charge in [0, 0.05) is 26.2 Å². The molecule has 0 bridgehead atoms. The van der Waals surface area contributed by atoms with E-state index in [1.165, 1.54) is 18.2 Å². The molecule has 0 saturated carbocycles. The third-order valence-electron chi connectivity index (χ3n) is 5.26. The molecule has 2 aromatic rings. The summed E-state index contributed by atoms with van der Waals surface area (Å²) in [6.07, 6.45) is 1.73. The summed E-state index contributed by atoms with van der Waals surface area (Å²) in [5.41, 5.74) is 0.636. The summed E-state index contributed by atoms with van der Waals surface area (Å²) in [7, 11) is 0. The fourth-order valence-electron chi connectivity index (χ4n) is 3.57. The highest BCUT2D eigenvalue weighted by atomic mass is 35.5. The Morgan fingerprint density at radius 2 is 1.85 bits per heavy atom. The smallest absolute Gasteiger partial charge is 0.341 e. The molecular formula is C22H25Cl2N3O6. The van der Waals surface area contributed by atoms with Crippen LogP contribution < -0.4 is 14.4 Å². The van der Waals surface area contributed by atoms with Gasteiger partial charge in [0.1, 0.15) is 5.75 Å². The van der Waals surface area contributed by atoms with Crippen molar-refractivity contribution in [3.05, 3.63) is 56.6 Å². The van der Waals surface area contributed by atoms with Gasteiger partial charge in [-0.1, -0.05) is 29.3 Å². The van der Waals surface area contributed by atoms with Gasteiger partial charge in [-0.3, -0.25) is 15.0 Å². The van der Waals surface area contributed by atoms with Gasteiger partial charge in [0.05, 0.1) is 33.3 Å². The molecule has 1 saturated heterocycles. The van der Waals surface area contributed by atoms with Crippen LogP contribution in [0, 0.1) is 10.1 Å². The van der Waals surface area contributed by atoms with Crippen molar-refractivity contribution in [1.82, 2.24) is 4.90 Å². The lowest BCUT2D eigenvalue weighted by molar-refractivity contribution is -0.385. The van der Waals surface area contributed by atoms with Gasteiger partial charge in [-0.05, 0) is 43.7 Å². The Balaban J connectivity index is 1.39. The first-order valence-electron chi connectivity index (χ1n) is 10.5. The van der Waals surface area contributed by atoms with E-state index < -0.39 is 17.5 Å². The van der Waals surface area contributed by atoms with E-state index in [0.717, 1.165) is 51.3 Å². The number of benzene rings is 2. The molecule has 0 radical (unpaired) electrons. The Hall–Kier alpha value is -2.75. The van der Waals surface area contributed by atoms with Gasteiger partial charge in [-0.2, -0.15) is 0 Å². The van der Waals surface area contributed by atoms with Crippen LogP contribution >= 0.6 is 23.2 Å². The molecule has 9 nitrogen and oxygen atoms in total. The maximum Gasteiger partial charge on any atom is 0.341 e. The number of hydrogen-bond donors (Lipinski definition) is 1. The Bertz CT molecular complexity index is 983. The Kier molecular flexibility index (Phi) is 8.99. The molecule has 33 heavy (non-hydrogen) atoms. The predicted octanol–water partition coefficient (Wildman–Crippen LogP) is 4.35. The topological polar surface area (TPSA) is 105 Å². The minimum Gasteiger partial charge on any atom is -0.493 e. The average Bonchev–Trinajstić information content (AvgIpc) is 2.80. The molecule has 3 rings (SSSR count). The number of anilines is 1. The number of carboxylic acid groups (broad SMARTS) is 1. The zero-order chi connectivity index (χ0) is 23.8. The number of unbranched alkanes of at least 4 members (excludes halogenated alkanes) is 1. The van der Waals surface area contributed by atoms with Gasteiger partial charge < -0.3 is 19.5 Å². The van der Waals surface area contributed by atoms with Crippen molar-refractivity contribution in [2.45, 2.75) is 12.8 Å². The molecule has 0 atom stereocenters. The minimum atomic E-state index is -1.21. The second kappa shape index (κ2) is 11.9. The molecule has 0 amide bonds. The zero-order valence-corrected chi connectivity index (χ0v) is 19.4. The first-order valence-corrected chi connectivity index (χ1v) is 11.3. The molecular weight excluding hydrogens is 473 g/mol. The van der Waals surface area contributed by atoms with Gasteiger partial charge in [0.25, 0.3) is 0 Å². The summed E-state index contributed by atoms with van der Waals surface area (Å²) in [6, 6.07) is 9.80. The summed E-state index contributed by atoms with van der Waals surface area (Å²) in [4.78, 5) is 25.8. The molecule has 1 fully saturated rings. The Morgan fingerprint density at radius 1 is 1.09 bits per heavy atom. The number of carboxylic acids is 1. The molecule has 1 N–H and O–H groups in total. The van der Waals surface area contributed by atoms with E-state index in [1.54, 1.807) is 6.07 Å². The van der Waals surface area contributed by atoms with Gasteiger partial charge >= 0.3 is 11.7 Å². The van der Waals surface area contributed by atoms with Gasteiger partial charge in [-0.15, -0.1) is 0 Å². The van der Waals surface area contributed by atoms with Crippen LogP contribution in [0.4, 0.5) is 11.4 Å². The van der Waals surface area contributed by atoms with Crippen LogP contribution in [-0.4, -0.2) is 66.8 Å². The fourth-order valence-corrected chi connectivity index (χ4v) is 3.98. The highest BCUT2D eigenvalue weighted by Crippen LogP contribution is 2.33. The standard InChI is InChI=1S/C22H25Cl2N3O6/c23-17-4-3-5-18(22(17)24)26-11-9-25(10-12-26)8-1-2-13-32-16-6-7-20(33-15-21(28)29)19(14-16)27(30)31/h3-7,14H,1-2,8-13,15H2,(H,28,29). The number of nitrogens with zero attached hydrogens (tertiary/aromatic N) is 3. The van der Waals surface area contributed by atoms with Crippen LogP contribution in [-0.2, 0) is 4.79 Å². The molecule has 11 heteroatoms. The summed E-state index contributed by atoms with van der Waals surface area (Å²) in [5.74, 6) is -0.969. The van der Waals surface area contributed by atoms with Crippen LogP contribution in [0.25, 0.3) is 0 Å². The maximum absolute atomic E-state index is 11.2. The van der Waals surface area contributed by atoms with Crippen molar-refractivity contribution in [2.75, 3.05) is 50.8 Å². The van der Waals surface area contributed by atoms with Gasteiger partial charge in [-0.25, -0.2) is 4.79 Å². The van der Waals surface area contributed by atoms with Crippen molar-refractivity contribution >= 4 is 40.5 Å². The number of aliphatic carboxylic acids is 1. The van der Waals surface area contributed by atoms with Gasteiger partial charge in [0.15, 0.2) is 12.4 Å². The van der Waals surface area contributed by atoms with E-state index in [1.807, 2.05) is 12.1 Å². The van der Waals surface area contributed by atoms with E-state index in [2.05, 4.69) is 9.80 Å². The highest BCUT2D eigenvalue weighted by Gasteiger charge is 2.20. The number of nitro groups is 1. The number of carbonyl (C=O) groups is 1. The van der Waals surface area contributed by atoms with Crippen molar-refractivity contribution in [2.24, 2.45) is 0 Å². The zero-order valence-electron chi connectivity index (χ0n) is 17.9. The van der Waals surface area contributed by atoms with Crippen molar-refractivity contribution in [3.8, 4) is 11.5 Å². The second-order valence-electron chi connectivity index (χ2n) is 7.53. The van der Waals surface area contributed by atoms with E-state index in [0.29, 0.717) is 22.4 Å². The van der Waals surface area contributed by atoms with Crippen molar-refractivity contribution < 1.29 is 24.3 Å². The molecule has 1 aliphatic heterocycles. The molecule has 178 valence electrons. The molecule has 1 aliphatic rings. The van der Waals surface area contributed by atoms with Gasteiger partial charge in [0.2, 0.25) is 0 Å². The van der Waals surface area contributed by atoms with E-state index in [9.17, 15) is 14.9 Å². The number of hydrogen-bond acceptors (Lipinski definition) is 7. The monoisotopic (exact) mass is 497 g/mol. The number of ether oxygens (including phenoxy) is 2. The number of nitro benzene ring substituents is 1. The van der Waals surface area contributed by atoms with Crippen LogP contribution in [0.5, 0.6) is 11.5 Å². The Morgan fingerprint density at radius 3 is 2.55 bits per heavy atom. The summed E-state index contributed by atoms with van der Waals surface area (Å²) >= 11 is 12.4.